The van der Waals surface area contributed by atoms with Gasteiger partial charge in [0.1, 0.15) is 5.75 Å². The largest absolute Gasteiger partial charge is 0.426 e. The van der Waals surface area contributed by atoms with Crippen LogP contribution in [0.1, 0.15) is 37.2 Å². The minimum Gasteiger partial charge on any atom is -0.426 e. The van der Waals surface area contributed by atoms with Gasteiger partial charge in [-0.25, -0.2) is 0 Å². The summed E-state index contributed by atoms with van der Waals surface area (Å²) in [6, 6.07) is 5.30. The van der Waals surface area contributed by atoms with Crippen LogP contribution in [0, 0.1) is 11.8 Å². The maximum absolute atomic E-state index is 11.2. The SMILES string of the molecule is CC(=O)Oc1cccc(C#CCCCO)c1C1OCCO1. The van der Waals surface area contributed by atoms with Crippen molar-refractivity contribution < 1.29 is 24.1 Å². The Kier molecular flexibility index (Phi) is 5.76. The summed E-state index contributed by atoms with van der Waals surface area (Å²) in [6.07, 6.45) is 0.658. The topological polar surface area (TPSA) is 65.0 Å². The molecule has 0 bridgehead atoms. The summed E-state index contributed by atoms with van der Waals surface area (Å²) in [6.45, 7) is 2.45. The molecule has 1 aromatic carbocycles. The highest BCUT2D eigenvalue weighted by molar-refractivity contribution is 5.70. The van der Waals surface area contributed by atoms with Crippen molar-refractivity contribution in [3.63, 3.8) is 0 Å². The lowest BCUT2D eigenvalue weighted by atomic mass is 10.1. The number of benzene rings is 1. The van der Waals surface area contributed by atoms with Crippen LogP contribution in [0.3, 0.4) is 0 Å². The highest BCUT2D eigenvalue weighted by Crippen LogP contribution is 2.34. The number of unbranched alkanes of at least 4 members (excludes halogenated alkanes) is 1. The number of carbonyl (C=O) groups is 1. The number of rotatable bonds is 4. The number of hydrogen-bond acceptors (Lipinski definition) is 5. The second kappa shape index (κ2) is 7.79. The number of esters is 1. The minimum absolute atomic E-state index is 0.115. The highest BCUT2D eigenvalue weighted by atomic mass is 16.7. The molecule has 0 aromatic heterocycles. The van der Waals surface area contributed by atoms with Crippen LogP contribution in [-0.2, 0) is 14.3 Å². The van der Waals surface area contributed by atoms with E-state index < -0.39 is 12.3 Å². The lowest BCUT2D eigenvalue weighted by molar-refractivity contribution is -0.132. The summed E-state index contributed by atoms with van der Waals surface area (Å²) in [7, 11) is 0. The molecule has 0 aliphatic carbocycles. The highest BCUT2D eigenvalue weighted by Gasteiger charge is 2.25. The zero-order chi connectivity index (χ0) is 15.1. The van der Waals surface area contributed by atoms with Gasteiger partial charge in [0.25, 0.3) is 0 Å². The fourth-order valence-corrected chi connectivity index (χ4v) is 1.99. The Hall–Kier alpha value is -1.87. The molecule has 1 aliphatic heterocycles. The zero-order valence-corrected chi connectivity index (χ0v) is 11.9. The van der Waals surface area contributed by atoms with Gasteiger partial charge in [-0.05, 0) is 18.6 Å². The van der Waals surface area contributed by atoms with Crippen LogP contribution >= 0.6 is 0 Å². The van der Waals surface area contributed by atoms with Gasteiger partial charge in [-0.15, -0.1) is 0 Å². The van der Waals surface area contributed by atoms with Crippen LogP contribution in [0.2, 0.25) is 0 Å². The Bertz CT molecular complexity index is 550. The molecule has 112 valence electrons. The molecule has 1 heterocycles. The molecule has 1 fully saturated rings. The van der Waals surface area contributed by atoms with Crippen LogP contribution in [0.5, 0.6) is 5.75 Å². The number of aliphatic hydroxyl groups is 1. The fourth-order valence-electron chi connectivity index (χ4n) is 1.99. The molecule has 1 aliphatic rings. The first-order valence-electron chi connectivity index (χ1n) is 6.86. The Morgan fingerprint density at radius 3 is 2.86 bits per heavy atom. The van der Waals surface area contributed by atoms with Gasteiger partial charge in [0.05, 0.1) is 18.8 Å². The van der Waals surface area contributed by atoms with E-state index >= 15 is 0 Å². The summed E-state index contributed by atoms with van der Waals surface area (Å²) in [5.74, 6) is 6.01. The smallest absolute Gasteiger partial charge is 0.308 e. The van der Waals surface area contributed by atoms with E-state index in [9.17, 15) is 4.79 Å². The van der Waals surface area contributed by atoms with E-state index in [1.54, 1.807) is 12.1 Å². The summed E-state index contributed by atoms with van der Waals surface area (Å²) < 4.78 is 16.2. The summed E-state index contributed by atoms with van der Waals surface area (Å²) in [4.78, 5) is 11.2. The standard InChI is InChI=1S/C16H18O5/c1-12(18)21-14-8-5-7-13(6-3-2-4-9-17)15(14)16-19-10-11-20-16/h5,7-8,16-17H,2,4,9-11H2,1H3. The second-order valence-corrected chi connectivity index (χ2v) is 4.51. The second-order valence-electron chi connectivity index (χ2n) is 4.51. The van der Waals surface area contributed by atoms with Crippen LogP contribution in [0.25, 0.3) is 0 Å². The normalized spacial score (nSPS) is 14.6. The first-order chi connectivity index (χ1) is 10.2. The van der Waals surface area contributed by atoms with Crippen molar-refractivity contribution in [1.82, 2.24) is 0 Å². The Balaban J connectivity index is 2.32. The maximum Gasteiger partial charge on any atom is 0.308 e. The third-order valence-electron chi connectivity index (χ3n) is 2.86. The van der Waals surface area contributed by atoms with E-state index in [0.29, 0.717) is 42.9 Å². The molecule has 1 aromatic rings. The van der Waals surface area contributed by atoms with Gasteiger partial charge in [0.15, 0.2) is 6.29 Å². The quantitative estimate of drug-likeness (QED) is 0.396. The van der Waals surface area contributed by atoms with Gasteiger partial charge in [-0.1, -0.05) is 17.9 Å². The van der Waals surface area contributed by atoms with E-state index in [1.165, 1.54) is 6.92 Å². The predicted octanol–water partition coefficient (Wildman–Crippen LogP) is 1.78. The third-order valence-corrected chi connectivity index (χ3v) is 2.86. The molecule has 1 saturated heterocycles. The van der Waals surface area contributed by atoms with Crippen LogP contribution in [0.15, 0.2) is 18.2 Å². The molecule has 1 N–H and O–H groups in total. The van der Waals surface area contributed by atoms with E-state index in [-0.39, 0.29) is 6.61 Å². The van der Waals surface area contributed by atoms with Crippen LogP contribution < -0.4 is 4.74 Å². The van der Waals surface area contributed by atoms with E-state index in [0.717, 1.165) is 0 Å². The molecule has 0 radical (unpaired) electrons. The number of aliphatic hydroxyl groups excluding tert-OH is 1. The molecular weight excluding hydrogens is 272 g/mol. The van der Waals surface area contributed by atoms with Gasteiger partial charge >= 0.3 is 5.97 Å². The van der Waals surface area contributed by atoms with E-state index in [4.69, 9.17) is 19.3 Å². The van der Waals surface area contributed by atoms with Gasteiger partial charge < -0.3 is 19.3 Å². The van der Waals surface area contributed by atoms with E-state index in [2.05, 4.69) is 11.8 Å². The van der Waals surface area contributed by atoms with Gasteiger partial charge in [-0.2, -0.15) is 0 Å². The molecule has 5 heteroatoms. The Morgan fingerprint density at radius 1 is 1.43 bits per heavy atom. The molecule has 0 amide bonds. The average molecular weight is 290 g/mol. The van der Waals surface area contributed by atoms with Gasteiger partial charge in [0.2, 0.25) is 0 Å². The van der Waals surface area contributed by atoms with Crippen molar-refractivity contribution in [2.45, 2.75) is 26.1 Å². The van der Waals surface area contributed by atoms with Gasteiger partial charge in [-0.3, -0.25) is 4.79 Å². The summed E-state index contributed by atoms with van der Waals surface area (Å²) in [5.41, 5.74) is 1.35. The Labute approximate surface area is 123 Å². The van der Waals surface area contributed by atoms with Crippen LogP contribution in [-0.4, -0.2) is 30.9 Å². The van der Waals surface area contributed by atoms with Gasteiger partial charge in [0, 0.05) is 25.5 Å². The van der Waals surface area contributed by atoms with Crippen molar-refractivity contribution in [3.8, 4) is 17.6 Å². The van der Waals surface area contributed by atoms with Crippen molar-refractivity contribution in [3.05, 3.63) is 29.3 Å². The van der Waals surface area contributed by atoms with E-state index in [1.807, 2.05) is 6.07 Å². The first-order valence-corrected chi connectivity index (χ1v) is 6.86. The molecular formula is C16H18O5. The molecule has 0 unspecified atom stereocenters. The van der Waals surface area contributed by atoms with Crippen molar-refractivity contribution in [1.29, 1.82) is 0 Å². The maximum atomic E-state index is 11.2. The minimum atomic E-state index is -0.567. The number of hydrogen-bond donors (Lipinski definition) is 1. The Morgan fingerprint density at radius 2 is 2.19 bits per heavy atom. The van der Waals surface area contributed by atoms with Crippen LogP contribution in [0.4, 0.5) is 0 Å². The summed E-state index contributed by atoms with van der Waals surface area (Å²) in [5, 5.41) is 8.77. The third kappa shape index (κ3) is 4.30. The molecule has 2 rings (SSSR count). The molecule has 0 spiro atoms. The van der Waals surface area contributed by atoms with Crippen molar-refractivity contribution in [2.24, 2.45) is 0 Å². The predicted molar refractivity (Wildman–Crippen MR) is 75.6 cm³/mol. The fraction of sp³-hybridized carbons (Fsp3) is 0.438. The molecule has 21 heavy (non-hydrogen) atoms. The average Bonchev–Trinajstić information content (AvgIpc) is 2.97. The van der Waals surface area contributed by atoms with Crippen molar-refractivity contribution in [2.75, 3.05) is 19.8 Å². The monoisotopic (exact) mass is 290 g/mol. The first kappa shape index (κ1) is 15.5. The lowest BCUT2D eigenvalue weighted by Gasteiger charge is -2.15. The lowest BCUT2D eigenvalue weighted by Crippen LogP contribution is -2.09. The zero-order valence-electron chi connectivity index (χ0n) is 11.9. The molecule has 0 atom stereocenters. The summed E-state index contributed by atoms with van der Waals surface area (Å²) >= 11 is 0. The molecule has 0 saturated carbocycles. The number of carbonyl (C=O) groups excluding carboxylic acids is 1. The molecule has 5 nitrogen and oxygen atoms in total. The number of ether oxygens (including phenoxy) is 3. The van der Waals surface area contributed by atoms with Crippen molar-refractivity contribution >= 4 is 5.97 Å².